The summed E-state index contributed by atoms with van der Waals surface area (Å²) in [5, 5.41) is 0. The molecule has 0 amide bonds. The molecule has 14 heavy (non-hydrogen) atoms. The summed E-state index contributed by atoms with van der Waals surface area (Å²) in [6, 6.07) is 0. The monoisotopic (exact) mass is 264 g/mol. The summed E-state index contributed by atoms with van der Waals surface area (Å²) >= 11 is -1.32. The number of hydrogen-bond acceptors (Lipinski definition) is 0. The molecule has 0 saturated carbocycles. The van der Waals surface area contributed by atoms with Crippen molar-refractivity contribution >= 4 is 0 Å². The van der Waals surface area contributed by atoms with Crippen LogP contribution >= 0.6 is 0 Å². The van der Waals surface area contributed by atoms with E-state index in [4.69, 9.17) is 0 Å². The summed E-state index contributed by atoms with van der Waals surface area (Å²) in [6.45, 7) is 3.89. The normalized spacial score (nSPS) is 18.9. The van der Waals surface area contributed by atoms with Crippen LogP contribution < -0.4 is 0 Å². The van der Waals surface area contributed by atoms with Crippen molar-refractivity contribution in [3.8, 4) is 0 Å². The van der Waals surface area contributed by atoms with Gasteiger partial charge in [0, 0.05) is 0 Å². The molecular formula is C13H15Nb. The maximum atomic E-state index is 3.89. The maximum absolute atomic E-state index is 3.89. The van der Waals surface area contributed by atoms with Crippen LogP contribution in [0.2, 0.25) is 4.64 Å². The van der Waals surface area contributed by atoms with Gasteiger partial charge in [0.1, 0.15) is 0 Å². The second-order valence-electron chi connectivity index (χ2n) is 3.48. The minimum atomic E-state index is -1.32. The molecule has 2 rings (SSSR count). The van der Waals surface area contributed by atoms with Crippen LogP contribution in [0.15, 0.2) is 56.7 Å². The molecule has 0 saturated heterocycles. The zero-order chi connectivity index (χ0) is 9.80. The topological polar surface area (TPSA) is 0 Å². The summed E-state index contributed by atoms with van der Waals surface area (Å²) in [4.78, 5) is 0. The van der Waals surface area contributed by atoms with Gasteiger partial charge in [-0.05, 0) is 0 Å². The Hall–Kier alpha value is -0.560. The first kappa shape index (κ1) is 9.98. The van der Waals surface area contributed by atoms with Gasteiger partial charge < -0.3 is 0 Å². The molecule has 0 aromatic carbocycles. The number of allylic oxidation sites excluding steroid dienone is 9. The first-order valence-corrected chi connectivity index (χ1v) is 8.77. The summed E-state index contributed by atoms with van der Waals surface area (Å²) in [7, 11) is 0. The summed E-state index contributed by atoms with van der Waals surface area (Å²) in [5.41, 5.74) is 0. The molecule has 0 aromatic rings. The van der Waals surface area contributed by atoms with E-state index in [2.05, 4.69) is 49.1 Å². The molecule has 0 atom stereocenters. The molecule has 0 aromatic heterocycles. The fourth-order valence-corrected chi connectivity index (χ4v) is 7.42. The van der Waals surface area contributed by atoms with Crippen molar-refractivity contribution in [2.24, 2.45) is 0 Å². The molecule has 0 aliphatic heterocycles. The van der Waals surface area contributed by atoms with Crippen LogP contribution in [0.1, 0.15) is 12.8 Å². The van der Waals surface area contributed by atoms with E-state index in [1.165, 1.54) is 17.5 Å². The van der Waals surface area contributed by atoms with Crippen molar-refractivity contribution in [2.75, 3.05) is 0 Å². The molecule has 2 aliphatic rings. The quantitative estimate of drug-likeness (QED) is 0.533. The number of rotatable bonds is 4. The predicted molar refractivity (Wildman–Crippen MR) is 58.7 cm³/mol. The molecule has 0 N–H and O–H groups in total. The number of hydrogen-bond donors (Lipinski definition) is 0. The first-order chi connectivity index (χ1) is 6.92. The van der Waals surface area contributed by atoms with Crippen molar-refractivity contribution < 1.29 is 18.4 Å². The van der Waals surface area contributed by atoms with E-state index >= 15 is 0 Å². The van der Waals surface area contributed by atoms with Gasteiger partial charge in [0.2, 0.25) is 0 Å². The third-order valence-corrected chi connectivity index (χ3v) is 9.08. The fraction of sp³-hybridized carbons (Fsp3) is 0.231. The van der Waals surface area contributed by atoms with Crippen molar-refractivity contribution in [2.45, 2.75) is 17.5 Å². The Morgan fingerprint density at radius 2 is 1.71 bits per heavy atom. The Kier molecular flexibility index (Phi) is 3.41. The van der Waals surface area contributed by atoms with Crippen molar-refractivity contribution in [3.63, 3.8) is 0 Å². The van der Waals surface area contributed by atoms with E-state index in [-0.39, 0.29) is 0 Å². The third kappa shape index (κ3) is 2.09. The molecule has 0 bridgehead atoms. The van der Waals surface area contributed by atoms with Gasteiger partial charge in [-0.25, -0.2) is 0 Å². The molecule has 2 aliphatic carbocycles. The van der Waals surface area contributed by atoms with Gasteiger partial charge in [0.15, 0.2) is 0 Å². The molecule has 72 valence electrons. The van der Waals surface area contributed by atoms with E-state index in [1.54, 1.807) is 7.58 Å². The summed E-state index contributed by atoms with van der Waals surface area (Å²) in [5.74, 6) is 0. The van der Waals surface area contributed by atoms with E-state index in [9.17, 15) is 0 Å². The van der Waals surface area contributed by atoms with E-state index in [0.717, 1.165) is 0 Å². The van der Waals surface area contributed by atoms with Crippen LogP contribution in [0.25, 0.3) is 0 Å². The SMILES string of the molecule is C=C[CH2][Nb]([C]1=CC=CC1)[C]1=CC=CC1. The Morgan fingerprint density at radius 1 is 1.14 bits per heavy atom. The summed E-state index contributed by atoms with van der Waals surface area (Å²) in [6.07, 6.45) is 18.2. The van der Waals surface area contributed by atoms with Gasteiger partial charge in [-0.2, -0.15) is 0 Å². The molecule has 0 heterocycles. The zero-order valence-corrected chi connectivity index (χ0v) is 10.5. The van der Waals surface area contributed by atoms with Gasteiger partial charge in [-0.15, -0.1) is 0 Å². The van der Waals surface area contributed by atoms with Crippen LogP contribution in [0, 0.1) is 0 Å². The van der Waals surface area contributed by atoms with Gasteiger partial charge >= 0.3 is 92.6 Å². The molecule has 1 heteroatoms. The molecular weight excluding hydrogens is 249 g/mol. The van der Waals surface area contributed by atoms with Crippen LogP contribution in [0.5, 0.6) is 0 Å². The molecule has 0 unspecified atom stereocenters. The first-order valence-electron chi connectivity index (χ1n) is 5.01. The second-order valence-corrected chi connectivity index (χ2v) is 9.31. The van der Waals surface area contributed by atoms with E-state index < -0.39 is 18.4 Å². The molecule has 0 radical (unpaired) electrons. The second kappa shape index (κ2) is 4.79. The van der Waals surface area contributed by atoms with Gasteiger partial charge in [0.25, 0.3) is 0 Å². The fourth-order valence-electron chi connectivity index (χ4n) is 1.82. The molecule has 0 fully saturated rings. The summed E-state index contributed by atoms with van der Waals surface area (Å²) < 4.78 is 4.70. The molecule has 0 nitrogen and oxygen atoms in total. The Morgan fingerprint density at radius 3 is 2.07 bits per heavy atom. The molecule has 0 spiro atoms. The minimum absolute atomic E-state index is 1.20. The van der Waals surface area contributed by atoms with Gasteiger partial charge in [-0.1, -0.05) is 0 Å². The zero-order valence-electron chi connectivity index (χ0n) is 8.32. The van der Waals surface area contributed by atoms with E-state index in [1.807, 2.05) is 0 Å². The average Bonchev–Trinajstić information content (AvgIpc) is 2.87. The van der Waals surface area contributed by atoms with Crippen molar-refractivity contribution in [1.29, 1.82) is 0 Å². The van der Waals surface area contributed by atoms with Gasteiger partial charge in [-0.3, -0.25) is 0 Å². The third-order valence-electron chi connectivity index (χ3n) is 2.51. The average molecular weight is 264 g/mol. The van der Waals surface area contributed by atoms with Gasteiger partial charge in [0.05, 0.1) is 0 Å². The Bertz CT molecular complexity index is 312. The van der Waals surface area contributed by atoms with Crippen LogP contribution in [0.4, 0.5) is 0 Å². The van der Waals surface area contributed by atoms with E-state index in [0.29, 0.717) is 0 Å². The predicted octanol–water partition coefficient (Wildman–Crippen LogP) is 3.90. The Labute approximate surface area is 92.5 Å². The van der Waals surface area contributed by atoms with Crippen LogP contribution in [0.3, 0.4) is 0 Å². The van der Waals surface area contributed by atoms with Crippen LogP contribution in [-0.2, 0) is 18.4 Å². The Balaban J connectivity index is 2.11. The standard InChI is InChI=1S/2C5H5.C3H5.Nb/c2*1-2-4-5-3-1;1-3-2;/h2*1-3H,4H2;3H,1-2H2;. The van der Waals surface area contributed by atoms with Crippen molar-refractivity contribution in [3.05, 3.63) is 56.7 Å². The van der Waals surface area contributed by atoms with Crippen LogP contribution in [-0.4, -0.2) is 0 Å². The van der Waals surface area contributed by atoms with Crippen molar-refractivity contribution in [1.82, 2.24) is 0 Å².